The first-order valence-electron chi connectivity index (χ1n) is 9.03. The number of likely N-dealkylation sites (tertiary alicyclic amines) is 1. The Hall–Kier alpha value is -1.10. The fraction of sp³-hybridized carbons (Fsp3) is 0.632. The Balaban J connectivity index is 1.46. The molecule has 0 aliphatic carbocycles. The van der Waals surface area contributed by atoms with Crippen molar-refractivity contribution in [3.8, 4) is 0 Å². The van der Waals surface area contributed by atoms with Gasteiger partial charge in [-0.25, -0.2) is 0 Å². The van der Waals surface area contributed by atoms with Gasteiger partial charge < -0.3 is 9.80 Å². The molecule has 2 saturated heterocycles. The number of nitrogens with zero attached hydrogens (tertiary/aromatic N) is 3. The molecule has 1 aromatic rings. The summed E-state index contributed by atoms with van der Waals surface area (Å²) < 4.78 is 0. The molecular weight excluding hydrogens is 322 g/mol. The van der Waals surface area contributed by atoms with Gasteiger partial charge in [0, 0.05) is 31.2 Å². The molecule has 2 fully saturated rings. The van der Waals surface area contributed by atoms with Gasteiger partial charge in [0.25, 0.3) is 0 Å². The number of hydrogen-bond donors (Lipinski definition) is 0. The average Bonchev–Trinajstić information content (AvgIpc) is 2.94. The van der Waals surface area contributed by atoms with Crippen molar-refractivity contribution in [3.05, 3.63) is 34.9 Å². The third kappa shape index (κ3) is 4.95. The first-order valence-corrected chi connectivity index (χ1v) is 9.41. The maximum atomic E-state index is 12.6. The molecule has 0 spiro atoms. The minimum absolute atomic E-state index is 0.304. The summed E-state index contributed by atoms with van der Waals surface area (Å²) >= 11 is 5.95. The molecule has 2 aliphatic heterocycles. The van der Waals surface area contributed by atoms with Crippen LogP contribution < -0.4 is 0 Å². The summed E-state index contributed by atoms with van der Waals surface area (Å²) in [4.78, 5) is 19.3. The number of carbonyl (C=O) groups is 1. The van der Waals surface area contributed by atoms with E-state index < -0.39 is 0 Å². The van der Waals surface area contributed by atoms with E-state index in [0.29, 0.717) is 18.4 Å². The van der Waals surface area contributed by atoms with E-state index >= 15 is 0 Å². The van der Waals surface area contributed by atoms with Crippen molar-refractivity contribution < 1.29 is 4.79 Å². The molecule has 24 heavy (non-hydrogen) atoms. The van der Waals surface area contributed by atoms with Crippen LogP contribution in [0.1, 0.15) is 18.4 Å². The highest BCUT2D eigenvalue weighted by Gasteiger charge is 2.27. The molecule has 2 aliphatic rings. The molecule has 2 heterocycles. The lowest BCUT2D eigenvalue weighted by Crippen LogP contribution is -2.40. The van der Waals surface area contributed by atoms with Crippen LogP contribution in [0.5, 0.6) is 0 Å². The first kappa shape index (κ1) is 17.7. The zero-order chi connectivity index (χ0) is 16.9. The van der Waals surface area contributed by atoms with E-state index in [0.717, 1.165) is 63.6 Å². The lowest BCUT2D eigenvalue weighted by molar-refractivity contribution is -0.131. The molecule has 0 N–H and O–H groups in total. The van der Waals surface area contributed by atoms with Gasteiger partial charge in [-0.3, -0.25) is 9.69 Å². The van der Waals surface area contributed by atoms with Crippen LogP contribution in [0.4, 0.5) is 0 Å². The lowest BCUT2D eigenvalue weighted by Gasteiger charge is -2.23. The topological polar surface area (TPSA) is 26.8 Å². The molecule has 1 atom stereocenters. The van der Waals surface area contributed by atoms with Crippen molar-refractivity contribution in [3.63, 3.8) is 0 Å². The van der Waals surface area contributed by atoms with Crippen molar-refractivity contribution >= 4 is 17.5 Å². The van der Waals surface area contributed by atoms with Gasteiger partial charge in [0.05, 0.1) is 6.54 Å². The standard InChI is InChI=1S/C19H28ClN3O/c1-21-8-2-9-22(12-11-21)15-19(24)23-10-7-17(14-23)13-16-3-5-18(20)6-4-16/h3-6,17H,2,7-15H2,1H3. The maximum Gasteiger partial charge on any atom is 0.236 e. The van der Waals surface area contributed by atoms with Gasteiger partial charge in [0.1, 0.15) is 0 Å². The van der Waals surface area contributed by atoms with Crippen molar-refractivity contribution in [2.45, 2.75) is 19.3 Å². The molecule has 0 radical (unpaired) electrons. The fourth-order valence-corrected chi connectivity index (χ4v) is 3.85. The van der Waals surface area contributed by atoms with Crippen molar-refractivity contribution in [1.82, 2.24) is 14.7 Å². The Labute approximate surface area is 150 Å². The minimum Gasteiger partial charge on any atom is -0.341 e. The lowest BCUT2D eigenvalue weighted by atomic mass is 9.99. The van der Waals surface area contributed by atoms with Crippen molar-refractivity contribution in [1.29, 1.82) is 0 Å². The van der Waals surface area contributed by atoms with E-state index in [1.807, 2.05) is 12.1 Å². The molecule has 1 aromatic carbocycles. The smallest absolute Gasteiger partial charge is 0.236 e. The summed E-state index contributed by atoms with van der Waals surface area (Å²) in [6, 6.07) is 8.09. The van der Waals surface area contributed by atoms with Gasteiger partial charge >= 0.3 is 0 Å². The van der Waals surface area contributed by atoms with Crippen LogP contribution in [0.2, 0.25) is 5.02 Å². The van der Waals surface area contributed by atoms with Crippen LogP contribution in [0.15, 0.2) is 24.3 Å². The second-order valence-electron chi connectivity index (χ2n) is 7.26. The van der Waals surface area contributed by atoms with Gasteiger partial charge in [-0.2, -0.15) is 0 Å². The second-order valence-corrected chi connectivity index (χ2v) is 7.69. The molecule has 1 amide bonds. The molecular formula is C19H28ClN3O. The maximum absolute atomic E-state index is 12.6. The van der Waals surface area contributed by atoms with Gasteiger partial charge in [-0.15, -0.1) is 0 Å². The minimum atomic E-state index is 0.304. The Kier molecular flexibility index (Phi) is 6.14. The summed E-state index contributed by atoms with van der Waals surface area (Å²) in [6.45, 7) is 6.63. The number of halogens is 1. The molecule has 5 heteroatoms. The fourth-order valence-electron chi connectivity index (χ4n) is 3.73. The predicted molar refractivity (Wildman–Crippen MR) is 98.4 cm³/mol. The summed E-state index contributed by atoms with van der Waals surface area (Å²) in [5.41, 5.74) is 1.31. The van der Waals surface area contributed by atoms with E-state index in [2.05, 4.69) is 33.9 Å². The summed E-state index contributed by atoms with van der Waals surface area (Å²) in [5.74, 6) is 0.878. The average molecular weight is 350 g/mol. The van der Waals surface area contributed by atoms with Crippen molar-refractivity contribution in [2.75, 3.05) is 52.9 Å². The number of likely N-dealkylation sites (N-methyl/N-ethyl adjacent to an activating group) is 1. The summed E-state index contributed by atoms with van der Waals surface area (Å²) in [6.07, 6.45) is 3.30. The highest BCUT2D eigenvalue weighted by atomic mass is 35.5. The van der Waals surface area contributed by atoms with Crippen LogP contribution in [-0.4, -0.2) is 73.5 Å². The second kappa shape index (κ2) is 8.32. The molecule has 4 nitrogen and oxygen atoms in total. The number of amides is 1. The SMILES string of the molecule is CN1CCCN(CC(=O)N2CCC(Cc3ccc(Cl)cc3)C2)CC1. The highest BCUT2D eigenvalue weighted by Crippen LogP contribution is 2.22. The van der Waals surface area contributed by atoms with Crippen LogP contribution in [0.25, 0.3) is 0 Å². The van der Waals surface area contributed by atoms with E-state index in [9.17, 15) is 4.79 Å². The Morgan fingerprint density at radius 1 is 1.12 bits per heavy atom. The molecule has 0 bridgehead atoms. The molecule has 0 saturated carbocycles. The van der Waals surface area contributed by atoms with Gasteiger partial charge in [-0.05, 0) is 63.0 Å². The van der Waals surface area contributed by atoms with Crippen LogP contribution >= 0.6 is 11.6 Å². The number of carbonyl (C=O) groups excluding carboxylic acids is 1. The molecule has 0 aromatic heterocycles. The zero-order valence-electron chi connectivity index (χ0n) is 14.6. The Bertz CT molecular complexity index is 548. The quantitative estimate of drug-likeness (QED) is 0.835. The Morgan fingerprint density at radius 2 is 1.92 bits per heavy atom. The van der Waals surface area contributed by atoms with Crippen LogP contribution in [0, 0.1) is 5.92 Å². The van der Waals surface area contributed by atoms with E-state index in [1.54, 1.807) is 0 Å². The van der Waals surface area contributed by atoms with Crippen LogP contribution in [-0.2, 0) is 11.2 Å². The largest absolute Gasteiger partial charge is 0.341 e. The zero-order valence-corrected chi connectivity index (χ0v) is 15.3. The van der Waals surface area contributed by atoms with E-state index in [-0.39, 0.29) is 0 Å². The predicted octanol–water partition coefficient (Wildman–Crippen LogP) is 2.37. The van der Waals surface area contributed by atoms with Gasteiger partial charge in [-0.1, -0.05) is 23.7 Å². The van der Waals surface area contributed by atoms with E-state index in [4.69, 9.17) is 11.6 Å². The third-order valence-electron chi connectivity index (χ3n) is 5.25. The van der Waals surface area contributed by atoms with Gasteiger partial charge in [0.2, 0.25) is 5.91 Å². The number of benzene rings is 1. The van der Waals surface area contributed by atoms with Gasteiger partial charge in [0.15, 0.2) is 0 Å². The Morgan fingerprint density at radius 3 is 2.71 bits per heavy atom. The van der Waals surface area contributed by atoms with E-state index in [1.165, 1.54) is 5.56 Å². The summed E-state index contributed by atoms with van der Waals surface area (Å²) in [7, 11) is 2.16. The molecule has 132 valence electrons. The number of hydrogen-bond acceptors (Lipinski definition) is 3. The normalized spacial score (nSPS) is 23.4. The number of rotatable bonds is 4. The van der Waals surface area contributed by atoms with Crippen molar-refractivity contribution in [2.24, 2.45) is 5.92 Å². The molecule has 1 unspecified atom stereocenters. The van der Waals surface area contributed by atoms with Crippen LogP contribution in [0.3, 0.4) is 0 Å². The third-order valence-corrected chi connectivity index (χ3v) is 5.50. The molecule has 3 rings (SSSR count). The first-order chi connectivity index (χ1) is 11.6. The monoisotopic (exact) mass is 349 g/mol. The summed E-state index contributed by atoms with van der Waals surface area (Å²) in [5, 5.41) is 0.782. The highest BCUT2D eigenvalue weighted by molar-refractivity contribution is 6.30.